The van der Waals surface area contributed by atoms with Gasteiger partial charge in [-0.2, -0.15) is 0 Å². The Morgan fingerprint density at radius 2 is 1.88 bits per heavy atom. The number of rotatable bonds is 2. The van der Waals surface area contributed by atoms with Crippen molar-refractivity contribution in [2.45, 2.75) is 20.3 Å². The van der Waals surface area contributed by atoms with Gasteiger partial charge >= 0.3 is 0 Å². The highest BCUT2D eigenvalue weighted by atomic mass is 16.2. The fourth-order valence-corrected chi connectivity index (χ4v) is 2.25. The van der Waals surface area contributed by atoms with E-state index < -0.39 is 5.91 Å². The number of nitrogens with two attached hydrogens (primary N) is 1. The van der Waals surface area contributed by atoms with Crippen molar-refractivity contribution >= 4 is 17.5 Å². The molecule has 1 atom stereocenters. The summed E-state index contributed by atoms with van der Waals surface area (Å²) in [5.41, 5.74) is 8.31. The number of anilines is 1. The zero-order valence-corrected chi connectivity index (χ0v) is 10.1. The van der Waals surface area contributed by atoms with Gasteiger partial charge in [-0.15, -0.1) is 0 Å². The number of carbonyl (C=O) groups excluding carboxylic acids is 2. The summed E-state index contributed by atoms with van der Waals surface area (Å²) in [6.07, 6.45) is 0.225. The van der Waals surface area contributed by atoms with E-state index in [4.69, 9.17) is 5.73 Å². The number of nitrogens with zero attached hydrogens (tertiary/aromatic N) is 1. The average Bonchev–Trinajstić information content (AvgIpc) is 2.59. The first-order valence-corrected chi connectivity index (χ1v) is 5.65. The molecule has 1 unspecified atom stereocenters. The number of amides is 2. The maximum atomic E-state index is 11.8. The molecule has 90 valence electrons. The number of hydrogen-bond donors (Lipinski definition) is 1. The van der Waals surface area contributed by atoms with E-state index in [1.807, 2.05) is 26.0 Å². The van der Waals surface area contributed by atoms with Gasteiger partial charge in [0.1, 0.15) is 0 Å². The lowest BCUT2D eigenvalue weighted by atomic mass is 10.1. The molecule has 2 rings (SSSR count). The van der Waals surface area contributed by atoms with Gasteiger partial charge in [-0.25, -0.2) is 0 Å². The predicted molar refractivity (Wildman–Crippen MR) is 65.6 cm³/mol. The van der Waals surface area contributed by atoms with Crippen LogP contribution < -0.4 is 10.6 Å². The standard InChI is InChI=1S/C13H16N2O2/c1-8-3-9(2)5-11(4-8)15-7-10(13(14)17)6-12(15)16/h3-5,10H,6-7H2,1-2H3,(H2,14,17). The van der Waals surface area contributed by atoms with E-state index in [9.17, 15) is 9.59 Å². The zero-order valence-electron chi connectivity index (χ0n) is 10.1. The summed E-state index contributed by atoms with van der Waals surface area (Å²) in [4.78, 5) is 24.6. The number of carbonyl (C=O) groups is 2. The first-order valence-electron chi connectivity index (χ1n) is 5.65. The first-order chi connectivity index (χ1) is 7.97. The Kier molecular flexibility index (Phi) is 2.88. The van der Waals surface area contributed by atoms with Gasteiger partial charge in [-0.1, -0.05) is 6.07 Å². The van der Waals surface area contributed by atoms with E-state index in [0.29, 0.717) is 6.54 Å². The summed E-state index contributed by atoms with van der Waals surface area (Å²) >= 11 is 0. The van der Waals surface area contributed by atoms with Crippen LogP contribution in [0.25, 0.3) is 0 Å². The van der Waals surface area contributed by atoms with Crippen LogP contribution in [-0.4, -0.2) is 18.4 Å². The molecule has 0 bridgehead atoms. The van der Waals surface area contributed by atoms with Gasteiger partial charge in [0, 0.05) is 18.7 Å². The van der Waals surface area contributed by atoms with E-state index in [1.54, 1.807) is 4.90 Å². The van der Waals surface area contributed by atoms with E-state index in [1.165, 1.54) is 0 Å². The molecule has 4 nitrogen and oxygen atoms in total. The van der Waals surface area contributed by atoms with Crippen LogP contribution in [0.3, 0.4) is 0 Å². The molecule has 1 heterocycles. The number of aryl methyl sites for hydroxylation is 2. The van der Waals surface area contributed by atoms with Gasteiger partial charge in [0.2, 0.25) is 11.8 Å². The molecule has 1 fully saturated rings. The Bertz CT molecular complexity index is 462. The molecule has 1 aromatic carbocycles. The maximum Gasteiger partial charge on any atom is 0.227 e. The minimum Gasteiger partial charge on any atom is -0.369 e. The summed E-state index contributed by atoms with van der Waals surface area (Å²) in [5, 5.41) is 0. The normalized spacial score (nSPS) is 19.8. The summed E-state index contributed by atoms with van der Waals surface area (Å²) in [6, 6.07) is 5.96. The Hall–Kier alpha value is -1.84. The smallest absolute Gasteiger partial charge is 0.227 e. The fourth-order valence-electron chi connectivity index (χ4n) is 2.25. The summed E-state index contributed by atoms with van der Waals surface area (Å²) in [5.74, 6) is -0.785. The molecule has 0 radical (unpaired) electrons. The quantitative estimate of drug-likeness (QED) is 0.831. The SMILES string of the molecule is Cc1cc(C)cc(N2CC(C(N)=O)CC2=O)c1. The summed E-state index contributed by atoms with van der Waals surface area (Å²) in [6.45, 7) is 4.38. The van der Waals surface area contributed by atoms with E-state index in [2.05, 4.69) is 6.07 Å². The van der Waals surface area contributed by atoms with Crippen molar-refractivity contribution < 1.29 is 9.59 Å². The van der Waals surface area contributed by atoms with Gasteiger partial charge < -0.3 is 10.6 Å². The van der Waals surface area contributed by atoms with E-state index in [-0.39, 0.29) is 18.2 Å². The minimum absolute atomic E-state index is 0.0289. The molecule has 1 aliphatic rings. The van der Waals surface area contributed by atoms with E-state index >= 15 is 0 Å². The van der Waals surface area contributed by atoms with Crippen LogP contribution in [0.15, 0.2) is 18.2 Å². The average molecular weight is 232 g/mol. The largest absolute Gasteiger partial charge is 0.369 e. The van der Waals surface area contributed by atoms with Crippen LogP contribution >= 0.6 is 0 Å². The van der Waals surface area contributed by atoms with Crippen LogP contribution in [0, 0.1) is 19.8 Å². The topological polar surface area (TPSA) is 63.4 Å². The molecular weight excluding hydrogens is 216 g/mol. The second-order valence-corrected chi connectivity index (χ2v) is 4.65. The Balaban J connectivity index is 2.28. The Morgan fingerprint density at radius 1 is 1.29 bits per heavy atom. The molecular formula is C13H16N2O2. The molecule has 17 heavy (non-hydrogen) atoms. The second-order valence-electron chi connectivity index (χ2n) is 4.65. The Labute approximate surface area is 100 Å². The molecule has 2 N–H and O–H groups in total. The predicted octanol–water partition coefficient (Wildman–Crippen LogP) is 1.14. The molecule has 1 saturated heterocycles. The third-order valence-corrected chi connectivity index (χ3v) is 3.05. The number of primary amides is 1. The highest BCUT2D eigenvalue weighted by molar-refractivity contribution is 6.00. The Morgan fingerprint density at radius 3 is 2.35 bits per heavy atom. The molecule has 0 spiro atoms. The van der Waals surface area contributed by atoms with Crippen LogP contribution in [0.4, 0.5) is 5.69 Å². The zero-order chi connectivity index (χ0) is 12.6. The molecule has 0 saturated carbocycles. The van der Waals surface area contributed by atoms with Crippen molar-refractivity contribution in [1.29, 1.82) is 0 Å². The van der Waals surface area contributed by atoms with Gasteiger partial charge in [-0.3, -0.25) is 9.59 Å². The maximum absolute atomic E-state index is 11.8. The van der Waals surface area contributed by atoms with E-state index in [0.717, 1.165) is 16.8 Å². The first kappa shape index (κ1) is 11.6. The third kappa shape index (κ3) is 2.30. The fraction of sp³-hybridized carbons (Fsp3) is 0.385. The van der Waals surface area contributed by atoms with Crippen LogP contribution in [0.2, 0.25) is 0 Å². The van der Waals surface area contributed by atoms with Gasteiger partial charge in [0.25, 0.3) is 0 Å². The minimum atomic E-state index is -0.398. The third-order valence-electron chi connectivity index (χ3n) is 3.05. The van der Waals surface area contributed by atoms with Crippen molar-refractivity contribution in [3.8, 4) is 0 Å². The van der Waals surface area contributed by atoms with Crippen molar-refractivity contribution in [3.63, 3.8) is 0 Å². The molecule has 0 aliphatic carbocycles. The van der Waals surface area contributed by atoms with Gasteiger partial charge in [0.15, 0.2) is 0 Å². The molecule has 0 aromatic heterocycles. The monoisotopic (exact) mass is 232 g/mol. The summed E-state index contributed by atoms with van der Waals surface area (Å²) in [7, 11) is 0. The van der Waals surface area contributed by atoms with Crippen LogP contribution in [0.5, 0.6) is 0 Å². The lowest BCUT2D eigenvalue weighted by Gasteiger charge is -2.17. The van der Waals surface area contributed by atoms with Crippen molar-refractivity contribution in [1.82, 2.24) is 0 Å². The molecule has 1 aliphatic heterocycles. The highest BCUT2D eigenvalue weighted by Crippen LogP contribution is 2.26. The van der Waals surface area contributed by atoms with Crippen molar-refractivity contribution in [3.05, 3.63) is 29.3 Å². The molecule has 4 heteroatoms. The number of benzene rings is 1. The molecule has 1 aromatic rings. The van der Waals surface area contributed by atoms with Crippen LogP contribution in [-0.2, 0) is 9.59 Å². The lowest BCUT2D eigenvalue weighted by molar-refractivity contribution is -0.123. The lowest BCUT2D eigenvalue weighted by Crippen LogP contribution is -2.28. The van der Waals surface area contributed by atoms with Gasteiger partial charge in [-0.05, 0) is 37.1 Å². The van der Waals surface area contributed by atoms with Crippen molar-refractivity contribution in [2.24, 2.45) is 11.7 Å². The number of hydrogen-bond acceptors (Lipinski definition) is 2. The highest BCUT2D eigenvalue weighted by Gasteiger charge is 2.33. The summed E-state index contributed by atoms with van der Waals surface area (Å²) < 4.78 is 0. The van der Waals surface area contributed by atoms with Crippen LogP contribution in [0.1, 0.15) is 17.5 Å². The molecule has 2 amide bonds. The van der Waals surface area contributed by atoms with Crippen molar-refractivity contribution in [2.75, 3.05) is 11.4 Å². The second kappa shape index (κ2) is 4.20. The van der Waals surface area contributed by atoms with Gasteiger partial charge in [0.05, 0.1) is 5.92 Å².